The van der Waals surface area contributed by atoms with Crippen molar-refractivity contribution in [2.45, 2.75) is 39.0 Å². The van der Waals surface area contributed by atoms with E-state index in [1.807, 2.05) is 30.0 Å². The second kappa shape index (κ2) is 9.52. The van der Waals surface area contributed by atoms with Gasteiger partial charge in [0.05, 0.1) is 16.2 Å². The topological polar surface area (TPSA) is 96.7 Å². The average molecular weight is 449 g/mol. The molecule has 3 heterocycles. The Hall–Kier alpha value is -3.55. The Kier molecular flexibility index (Phi) is 6.53. The number of aromatic nitrogens is 1. The van der Waals surface area contributed by atoms with Crippen molar-refractivity contribution in [3.63, 3.8) is 0 Å². The van der Waals surface area contributed by atoms with Gasteiger partial charge in [0, 0.05) is 55.5 Å². The van der Waals surface area contributed by atoms with Gasteiger partial charge in [-0.15, -0.1) is 0 Å². The molecule has 0 radical (unpaired) electrons. The van der Waals surface area contributed by atoms with E-state index in [2.05, 4.69) is 6.08 Å². The van der Waals surface area contributed by atoms with Crippen LogP contribution in [0.2, 0.25) is 0 Å². The molecule has 0 atom stereocenters. The van der Waals surface area contributed by atoms with E-state index in [1.165, 1.54) is 12.1 Å². The van der Waals surface area contributed by atoms with Crippen molar-refractivity contribution in [3.05, 3.63) is 80.7 Å². The molecular formula is C25H28N4O4. The number of carbonyl (C=O) groups is 2. The zero-order valence-electron chi connectivity index (χ0n) is 19.0. The van der Waals surface area contributed by atoms with Crippen LogP contribution < -0.4 is 0 Å². The molecule has 33 heavy (non-hydrogen) atoms. The second-order valence-electron chi connectivity index (χ2n) is 8.72. The number of hydrogen-bond acceptors (Lipinski definition) is 5. The first-order valence-electron chi connectivity index (χ1n) is 11.3. The molecule has 2 aliphatic heterocycles. The summed E-state index contributed by atoms with van der Waals surface area (Å²) in [5, 5.41) is 11.1. The van der Waals surface area contributed by atoms with E-state index in [0.29, 0.717) is 50.1 Å². The average Bonchev–Trinajstić information content (AvgIpc) is 2.84. The van der Waals surface area contributed by atoms with Gasteiger partial charge >= 0.3 is 0 Å². The van der Waals surface area contributed by atoms with Gasteiger partial charge in [-0.2, -0.15) is 0 Å². The number of aryl methyl sites for hydroxylation is 2. The van der Waals surface area contributed by atoms with Crippen LogP contribution in [0.4, 0.5) is 5.69 Å². The molecule has 0 N–H and O–H groups in total. The van der Waals surface area contributed by atoms with E-state index in [1.54, 1.807) is 17.9 Å². The van der Waals surface area contributed by atoms with Crippen LogP contribution in [0.25, 0.3) is 0 Å². The van der Waals surface area contributed by atoms with Crippen LogP contribution in [-0.2, 0) is 0 Å². The standard InChI is InChI=1S/C25H28N4O4/c1-17-6-8-20(29(32)33)16-22(17)25(31)28-14-10-19(11-15-28)23-21(9-7-18(2)26-23)24(30)27-12-4-3-5-13-27/h3-4,6-9,16,19H,5,10-15H2,1-2H3. The summed E-state index contributed by atoms with van der Waals surface area (Å²) in [6, 6.07) is 8.14. The summed E-state index contributed by atoms with van der Waals surface area (Å²) in [7, 11) is 0. The highest BCUT2D eigenvalue weighted by Crippen LogP contribution is 2.31. The van der Waals surface area contributed by atoms with Gasteiger partial charge in [-0.1, -0.05) is 18.2 Å². The third-order valence-corrected chi connectivity index (χ3v) is 6.47. The van der Waals surface area contributed by atoms with Crippen LogP contribution in [0.5, 0.6) is 0 Å². The number of rotatable bonds is 4. The van der Waals surface area contributed by atoms with E-state index in [0.717, 1.165) is 23.4 Å². The number of amides is 2. The molecule has 0 aliphatic carbocycles. The van der Waals surface area contributed by atoms with E-state index < -0.39 is 4.92 Å². The first kappa shape index (κ1) is 22.6. The van der Waals surface area contributed by atoms with Gasteiger partial charge in [0.1, 0.15) is 0 Å². The molecule has 2 aliphatic rings. The number of carbonyl (C=O) groups excluding carboxylic acids is 2. The summed E-state index contributed by atoms with van der Waals surface area (Å²) >= 11 is 0. The van der Waals surface area contributed by atoms with Crippen LogP contribution in [0, 0.1) is 24.0 Å². The van der Waals surface area contributed by atoms with E-state index >= 15 is 0 Å². The van der Waals surface area contributed by atoms with Crippen molar-refractivity contribution in [1.29, 1.82) is 0 Å². The summed E-state index contributed by atoms with van der Waals surface area (Å²) < 4.78 is 0. The third-order valence-electron chi connectivity index (χ3n) is 6.47. The molecule has 0 bridgehead atoms. The predicted molar refractivity (Wildman–Crippen MR) is 124 cm³/mol. The first-order valence-corrected chi connectivity index (χ1v) is 11.3. The van der Waals surface area contributed by atoms with Crippen molar-refractivity contribution in [1.82, 2.24) is 14.8 Å². The van der Waals surface area contributed by atoms with Gasteiger partial charge in [0.25, 0.3) is 17.5 Å². The van der Waals surface area contributed by atoms with Crippen LogP contribution in [0.3, 0.4) is 0 Å². The number of benzene rings is 1. The third kappa shape index (κ3) is 4.79. The number of non-ortho nitro benzene ring substituents is 1. The lowest BCUT2D eigenvalue weighted by Crippen LogP contribution is -2.39. The number of nitro groups is 1. The Bertz CT molecular complexity index is 1120. The summed E-state index contributed by atoms with van der Waals surface area (Å²) in [4.78, 5) is 45.3. The zero-order valence-corrected chi connectivity index (χ0v) is 19.0. The monoisotopic (exact) mass is 448 g/mol. The van der Waals surface area contributed by atoms with Gasteiger partial charge in [-0.25, -0.2) is 0 Å². The Morgan fingerprint density at radius 3 is 2.36 bits per heavy atom. The lowest BCUT2D eigenvalue weighted by Gasteiger charge is -2.33. The zero-order chi connectivity index (χ0) is 23.5. The molecule has 4 rings (SSSR count). The highest BCUT2D eigenvalue weighted by atomic mass is 16.6. The fraction of sp³-hybridized carbons (Fsp3) is 0.400. The molecule has 2 amide bonds. The maximum absolute atomic E-state index is 13.2. The van der Waals surface area contributed by atoms with Gasteiger partial charge in [-0.05, 0) is 50.8 Å². The number of piperidine rings is 1. The largest absolute Gasteiger partial charge is 0.339 e. The van der Waals surface area contributed by atoms with Crippen LogP contribution in [0.1, 0.15) is 62.8 Å². The summed E-state index contributed by atoms with van der Waals surface area (Å²) in [6.07, 6.45) is 6.35. The number of likely N-dealkylation sites (tertiary alicyclic amines) is 1. The molecule has 1 aromatic heterocycles. The first-order chi connectivity index (χ1) is 15.8. The lowest BCUT2D eigenvalue weighted by atomic mass is 9.89. The maximum atomic E-state index is 13.2. The molecule has 1 fully saturated rings. The molecule has 1 saturated heterocycles. The quantitative estimate of drug-likeness (QED) is 0.400. The van der Waals surface area contributed by atoms with Crippen molar-refractivity contribution < 1.29 is 14.5 Å². The predicted octanol–water partition coefficient (Wildman–Crippen LogP) is 4.03. The normalized spacial score (nSPS) is 16.7. The summed E-state index contributed by atoms with van der Waals surface area (Å²) in [6.45, 7) is 6.06. The van der Waals surface area contributed by atoms with Gasteiger partial charge in [-0.3, -0.25) is 24.7 Å². The minimum absolute atomic E-state index is 0.00701. The van der Waals surface area contributed by atoms with Gasteiger partial charge in [0.15, 0.2) is 0 Å². The smallest absolute Gasteiger partial charge is 0.270 e. The second-order valence-corrected chi connectivity index (χ2v) is 8.72. The number of nitrogens with zero attached hydrogens (tertiary/aromatic N) is 4. The number of pyridine rings is 1. The fourth-order valence-electron chi connectivity index (χ4n) is 4.55. The number of hydrogen-bond donors (Lipinski definition) is 0. The molecule has 172 valence electrons. The van der Waals surface area contributed by atoms with Crippen molar-refractivity contribution >= 4 is 17.5 Å². The van der Waals surface area contributed by atoms with Crippen molar-refractivity contribution in [3.8, 4) is 0 Å². The van der Waals surface area contributed by atoms with Gasteiger partial charge < -0.3 is 9.80 Å². The minimum Gasteiger partial charge on any atom is -0.339 e. The Morgan fingerprint density at radius 1 is 0.970 bits per heavy atom. The Morgan fingerprint density at radius 2 is 1.70 bits per heavy atom. The summed E-state index contributed by atoms with van der Waals surface area (Å²) in [5.74, 6) is -0.102. The number of nitro benzene ring substituents is 1. The molecule has 8 heteroatoms. The van der Waals surface area contributed by atoms with E-state index in [4.69, 9.17) is 4.98 Å². The van der Waals surface area contributed by atoms with E-state index in [9.17, 15) is 19.7 Å². The highest BCUT2D eigenvalue weighted by molar-refractivity contribution is 5.97. The molecule has 8 nitrogen and oxygen atoms in total. The van der Waals surface area contributed by atoms with Crippen LogP contribution in [-0.4, -0.2) is 57.7 Å². The lowest BCUT2D eigenvalue weighted by molar-refractivity contribution is -0.384. The van der Waals surface area contributed by atoms with Crippen molar-refractivity contribution in [2.24, 2.45) is 0 Å². The Balaban J connectivity index is 1.50. The summed E-state index contributed by atoms with van der Waals surface area (Å²) in [5.41, 5.74) is 3.33. The molecular weight excluding hydrogens is 420 g/mol. The van der Waals surface area contributed by atoms with Crippen LogP contribution >= 0.6 is 0 Å². The van der Waals surface area contributed by atoms with Crippen LogP contribution in [0.15, 0.2) is 42.5 Å². The maximum Gasteiger partial charge on any atom is 0.270 e. The molecule has 0 unspecified atom stereocenters. The molecule has 0 saturated carbocycles. The fourth-order valence-corrected chi connectivity index (χ4v) is 4.55. The highest BCUT2D eigenvalue weighted by Gasteiger charge is 2.30. The van der Waals surface area contributed by atoms with Gasteiger partial charge in [0.2, 0.25) is 0 Å². The molecule has 1 aromatic carbocycles. The molecule has 0 spiro atoms. The Labute approximate surface area is 193 Å². The van der Waals surface area contributed by atoms with Crippen molar-refractivity contribution in [2.75, 3.05) is 26.2 Å². The SMILES string of the molecule is Cc1ccc(C(=O)N2CC=CCC2)c(C2CCN(C(=O)c3cc([N+](=O)[O-])ccc3C)CC2)n1. The molecule has 2 aromatic rings. The van der Waals surface area contributed by atoms with E-state index in [-0.39, 0.29) is 23.4 Å². The minimum atomic E-state index is -0.484.